The van der Waals surface area contributed by atoms with Gasteiger partial charge in [0.25, 0.3) is 0 Å². The van der Waals surface area contributed by atoms with E-state index in [9.17, 15) is 0 Å². The summed E-state index contributed by atoms with van der Waals surface area (Å²) in [5.41, 5.74) is 6.44. The maximum atomic E-state index is 6.06. The van der Waals surface area contributed by atoms with E-state index in [1.165, 1.54) is 19.3 Å². The first-order valence-electron chi connectivity index (χ1n) is 4.29. The normalized spacial score (nSPS) is 39.6. The van der Waals surface area contributed by atoms with Crippen LogP contribution in [0.15, 0.2) is 0 Å². The maximum absolute atomic E-state index is 6.06. The summed E-state index contributed by atoms with van der Waals surface area (Å²) in [7, 11) is 0. The van der Waals surface area contributed by atoms with E-state index in [1.807, 2.05) is 0 Å². The molecule has 0 bridgehead atoms. The summed E-state index contributed by atoms with van der Waals surface area (Å²) in [4.78, 5) is 0. The molecule has 1 aliphatic rings. The van der Waals surface area contributed by atoms with Gasteiger partial charge in [-0.25, -0.2) is 0 Å². The van der Waals surface area contributed by atoms with Crippen molar-refractivity contribution in [3.8, 4) is 0 Å². The summed E-state index contributed by atoms with van der Waals surface area (Å²) in [6, 6.07) is 0.418. The maximum Gasteiger partial charge on any atom is 0.0116 e. The van der Waals surface area contributed by atoms with Gasteiger partial charge in [-0.2, -0.15) is 0 Å². The highest BCUT2D eigenvalue weighted by Gasteiger charge is 2.33. The summed E-state index contributed by atoms with van der Waals surface area (Å²) in [5.74, 6) is 0.726. The molecule has 0 aromatic rings. The predicted molar refractivity (Wildman–Crippen MR) is 44.8 cm³/mol. The van der Waals surface area contributed by atoms with Crippen LogP contribution in [-0.4, -0.2) is 6.04 Å². The standard InChI is InChI=1S/C9H19N/c1-7-5-4-6-9(2,3)8(7)10/h7-8H,4-6,10H2,1-3H3/t7-,8+/m0/s1. The molecule has 0 saturated heterocycles. The van der Waals surface area contributed by atoms with Gasteiger partial charge in [-0.15, -0.1) is 0 Å². The van der Waals surface area contributed by atoms with Crippen molar-refractivity contribution in [2.75, 3.05) is 0 Å². The monoisotopic (exact) mass is 141 g/mol. The van der Waals surface area contributed by atoms with Crippen molar-refractivity contribution in [3.05, 3.63) is 0 Å². The molecule has 1 rings (SSSR count). The molecule has 0 aromatic carbocycles. The Morgan fingerprint density at radius 1 is 1.40 bits per heavy atom. The lowest BCUT2D eigenvalue weighted by atomic mass is 9.69. The van der Waals surface area contributed by atoms with Gasteiger partial charge >= 0.3 is 0 Å². The molecule has 1 aliphatic carbocycles. The zero-order valence-corrected chi connectivity index (χ0v) is 7.35. The summed E-state index contributed by atoms with van der Waals surface area (Å²) in [5, 5.41) is 0. The van der Waals surface area contributed by atoms with Crippen LogP contribution < -0.4 is 5.73 Å². The Hall–Kier alpha value is -0.0400. The van der Waals surface area contributed by atoms with Gasteiger partial charge in [0.05, 0.1) is 0 Å². The van der Waals surface area contributed by atoms with E-state index in [-0.39, 0.29) is 0 Å². The van der Waals surface area contributed by atoms with Gasteiger partial charge in [-0.1, -0.05) is 27.2 Å². The fourth-order valence-electron chi connectivity index (χ4n) is 2.00. The van der Waals surface area contributed by atoms with Crippen LogP contribution in [0.2, 0.25) is 0 Å². The second-order valence-corrected chi connectivity index (χ2v) is 4.38. The van der Waals surface area contributed by atoms with Crippen LogP contribution in [0.3, 0.4) is 0 Å². The number of nitrogens with two attached hydrogens (primary N) is 1. The van der Waals surface area contributed by atoms with E-state index in [0.717, 1.165) is 5.92 Å². The van der Waals surface area contributed by atoms with Gasteiger partial charge < -0.3 is 5.73 Å². The highest BCUT2D eigenvalue weighted by atomic mass is 14.7. The zero-order chi connectivity index (χ0) is 7.78. The molecule has 0 heterocycles. The first-order chi connectivity index (χ1) is 4.54. The molecule has 1 fully saturated rings. The third kappa shape index (κ3) is 1.34. The first kappa shape index (κ1) is 8.06. The third-order valence-corrected chi connectivity index (χ3v) is 3.00. The number of rotatable bonds is 0. The van der Waals surface area contributed by atoms with Crippen molar-refractivity contribution in [2.24, 2.45) is 17.1 Å². The molecule has 1 saturated carbocycles. The van der Waals surface area contributed by atoms with E-state index < -0.39 is 0 Å². The Bertz CT molecular complexity index is 118. The fourth-order valence-corrected chi connectivity index (χ4v) is 2.00. The van der Waals surface area contributed by atoms with E-state index >= 15 is 0 Å². The second-order valence-electron chi connectivity index (χ2n) is 4.38. The van der Waals surface area contributed by atoms with Gasteiger partial charge in [0.15, 0.2) is 0 Å². The van der Waals surface area contributed by atoms with Crippen LogP contribution in [-0.2, 0) is 0 Å². The highest BCUT2D eigenvalue weighted by molar-refractivity contribution is 4.88. The molecule has 10 heavy (non-hydrogen) atoms. The Balaban J connectivity index is 2.60. The minimum Gasteiger partial charge on any atom is -0.327 e. The molecule has 0 unspecified atom stereocenters. The minimum absolute atomic E-state index is 0.387. The van der Waals surface area contributed by atoms with E-state index in [0.29, 0.717) is 11.5 Å². The van der Waals surface area contributed by atoms with Crippen molar-refractivity contribution in [1.82, 2.24) is 0 Å². The summed E-state index contributed by atoms with van der Waals surface area (Å²) in [6.45, 7) is 6.84. The van der Waals surface area contributed by atoms with Crippen LogP contribution in [0, 0.1) is 11.3 Å². The lowest BCUT2D eigenvalue weighted by Crippen LogP contribution is -2.45. The van der Waals surface area contributed by atoms with Gasteiger partial charge in [0.1, 0.15) is 0 Å². The zero-order valence-electron chi connectivity index (χ0n) is 7.35. The van der Waals surface area contributed by atoms with Crippen molar-refractivity contribution in [1.29, 1.82) is 0 Å². The van der Waals surface area contributed by atoms with Gasteiger partial charge in [-0.3, -0.25) is 0 Å². The molecule has 0 amide bonds. The average molecular weight is 141 g/mol. The summed E-state index contributed by atoms with van der Waals surface area (Å²) >= 11 is 0. The molecule has 60 valence electrons. The van der Waals surface area contributed by atoms with Crippen LogP contribution in [0.25, 0.3) is 0 Å². The molecule has 2 atom stereocenters. The van der Waals surface area contributed by atoms with E-state index in [4.69, 9.17) is 5.73 Å². The van der Waals surface area contributed by atoms with Crippen molar-refractivity contribution >= 4 is 0 Å². The van der Waals surface area contributed by atoms with Crippen LogP contribution in [0.5, 0.6) is 0 Å². The van der Waals surface area contributed by atoms with E-state index in [2.05, 4.69) is 20.8 Å². The first-order valence-corrected chi connectivity index (χ1v) is 4.29. The fraction of sp³-hybridized carbons (Fsp3) is 1.00. The van der Waals surface area contributed by atoms with E-state index in [1.54, 1.807) is 0 Å². The molecule has 0 aliphatic heterocycles. The van der Waals surface area contributed by atoms with Gasteiger partial charge in [-0.05, 0) is 24.2 Å². The molecule has 0 spiro atoms. The predicted octanol–water partition coefficient (Wildman–Crippen LogP) is 2.16. The van der Waals surface area contributed by atoms with Crippen LogP contribution in [0.4, 0.5) is 0 Å². The lowest BCUT2D eigenvalue weighted by molar-refractivity contribution is 0.149. The molecular weight excluding hydrogens is 122 g/mol. The SMILES string of the molecule is C[C@H]1CCCC(C)(C)[C@@H]1N. The molecule has 1 heteroatoms. The van der Waals surface area contributed by atoms with Crippen molar-refractivity contribution in [2.45, 2.75) is 46.1 Å². The molecule has 0 radical (unpaired) electrons. The molecular formula is C9H19N. The number of hydrogen-bond donors (Lipinski definition) is 1. The van der Waals surface area contributed by atoms with Crippen molar-refractivity contribution < 1.29 is 0 Å². The largest absolute Gasteiger partial charge is 0.327 e. The Morgan fingerprint density at radius 2 is 2.00 bits per heavy atom. The topological polar surface area (TPSA) is 26.0 Å². The molecule has 0 aromatic heterocycles. The van der Waals surface area contributed by atoms with Gasteiger partial charge in [0, 0.05) is 6.04 Å². The third-order valence-electron chi connectivity index (χ3n) is 3.00. The van der Waals surface area contributed by atoms with Crippen LogP contribution >= 0.6 is 0 Å². The Morgan fingerprint density at radius 3 is 2.40 bits per heavy atom. The highest BCUT2D eigenvalue weighted by Crippen LogP contribution is 2.37. The quantitative estimate of drug-likeness (QED) is 0.549. The van der Waals surface area contributed by atoms with Gasteiger partial charge in [0.2, 0.25) is 0 Å². The Labute approximate surface area is 64.0 Å². The van der Waals surface area contributed by atoms with Crippen molar-refractivity contribution in [3.63, 3.8) is 0 Å². The minimum atomic E-state index is 0.387. The lowest BCUT2D eigenvalue weighted by Gasteiger charge is -2.40. The second kappa shape index (κ2) is 2.54. The average Bonchev–Trinajstić information content (AvgIpc) is 1.83. The molecule has 2 N–H and O–H groups in total. The molecule has 1 nitrogen and oxygen atoms in total. The van der Waals surface area contributed by atoms with Crippen LogP contribution in [0.1, 0.15) is 40.0 Å². The number of hydrogen-bond acceptors (Lipinski definition) is 1. The smallest absolute Gasteiger partial charge is 0.0116 e. The Kier molecular flexibility index (Phi) is 2.04. The summed E-state index contributed by atoms with van der Waals surface area (Å²) in [6.07, 6.45) is 3.99. The summed E-state index contributed by atoms with van der Waals surface area (Å²) < 4.78 is 0.